The van der Waals surface area contributed by atoms with Crippen molar-refractivity contribution in [3.63, 3.8) is 0 Å². The van der Waals surface area contributed by atoms with E-state index in [4.69, 9.17) is 9.26 Å². The first-order valence-electron chi connectivity index (χ1n) is 11.8. The Morgan fingerprint density at radius 1 is 1.06 bits per heavy atom. The summed E-state index contributed by atoms with van der Waals surface area (Å²) in [5.74, 6) is 0.197. The lowest BCUT2D eigenvalue weighted by Gasteiger charge is -2.30. The molecule has 5 rings (SSSR count). The van der Waals surface area contributed by atoms with Gasteiger partial charge in [0.1, 0.15) is 17.5 Å². The van der Waals surface area contributed by atoms with E-state index in [1.165, 1.54) is 6.42 Å². The van der Waals surface area contributed by atoms with Crippen LogP contribution >= 0.6 is 0 Å². The van der Waals surface area contributed by atoms with E-state index in [0.29, 0.717) is 35.9 Å². The van der Waals surface area contributed by atoms with Gasteiger partial charge in [0.15, 0.2) is 5.76 Å². The smallest absolute Gasteiger partial charge is 0.412 e. The van der Waals surface area contributed by atoms with Crippen molar-refractivity contribution < 1.29 is 24.0 Å². The molecule has 2 aromatic carbocycles. The monoisotopic (exact) mass is 460 g/mol. The zero-order valence-electron chi connectivity index (χ0n) is 19.3. The topological polar surface area (TPSA) is 102 Å². The molecule has 0 radical (unpaired) electrons. The lowest BCUT2D eigenvalue weighted by Crippen LogP contribution is -2.30. The summed E-state index contributed by atoms with van der Waals surface area (Å²) in [6.07, 6.45) is 4.15. The van der Waals surface area contributed by atoms with Gasteiger partial charge in [0, 0.05) is 5.56 Å². The second kappa shape index (κ2) is 8.63. The molecule has 176 valence electrons. The number of anilines is 1. The largest absolute Gasteiger partial charge is 0.481 e. The molecule has 34 heavy (non-hydrogen) atoms. The maximum absolute atomic E-state index is 12.4. The van der Waals surface area contributed by atoms with Gasteiger partial charge in [-0.2, -0.15) is 0 Å². The zero-order chi connectivity index (χ0) is 23.9. The van der Waals surface area contributed by atoms with Gasteiger partial charge in [0.2, 0.25) is 0 Å². The van der Waals surface area contributed by atoms with Crippen molar-refractivity contribution >= 4 is 17.7 Å². The number of rotatable bonds is 7. The number of carbonyl (C=O) groups is 2. The summed E-state index contributed by atoms with van der Waals surface area (Å²) in [6, 6.07) is 15.5. The standard InChI is InChI=1S/C27H28N2O5/c1-16(18-4-3-5-18)33-26(32)28-23-17(2)34-29-24(23)21-8-6-19(7-9-21)20-10-12-22(13-11-20)27(14-15-27)25(30)31/h6-13,16,18H,3-5,14-15H2,1-2H3,(H,28,32)(H,30,31). The summed E-state index contributed by atoms with van der Waals surface area (Å²) in [5, 5.41) is 16.4. The quantitative estimate of drug-likeness (QED) is 0.437. The Kier molecular flexibility index (Phi) is 5.63. The zero-order valence-corrected chi connectivity index (χ0v) is 19.3. The second-order valence-corrected chi connectivity index (χ2v) is 9.43. The average molecular weight is 461 g/mol. The Labute approximate surface area is 198 Å². The summed E-state index contributed by atoms with van der Waals surface area (Å²) in [7, 11) is 0. The number of carboxylic acid groups (broad SMARTS) is 1. The van der Waals surface area contributed by atoms with Crippen LogP contribution in [0.3, 0.4) is 0 Å². The van der Waals surface area contributed by atoms with Crippen LogP contribution in [0.5, 0.6) is 0 Å². The van der Waals surface area contributed by atoms with Gasteiger partial charge in [-0.05, 0) is 62.1 Å². The van der Waals surface area contributed by atoms with Gasteiger partial charge >= 0.3 is 12.1 Å². The molecule has 3 aromatic rings. The van der Waals surface area contributed by atoms with Crippen LogP contribution < -0.4 is 5.32 Å². The molecular weight excluding hydrogens is 432 g/mol. The highest BCUT2D eigenvalue weighted by Gasteiger charge is 2.51. The number of aliphatic carboxylic acids is 1. The predicted molar refractivity (Wildman–Crippen MR) is 128 cm³/mol. The summed E-state index contributed by atoms with van der Waals surface area (Å²) in [4.78, 5) is 24.0. The fourth-order valence-corrected chi connectivity index (χ4v) is 4.58. The number of carboxylic acids is 1. The van der Waals surface area contributed by atoms with Crippen molar-refractivity contribution in [3.8, 4) is 22.4 Å². The van der Waals surface area contributed by atoms with Crippen molar-refractivity contribution in [2.45, 2.75) is 57.5 Å². The molecule has 0 spiro atoms. The Bertz CT molecular complexity index is 1200. The lowest BCUT2D eigenvalue weighted by molar-refractivity contribution is -0.140. The first kappa shape index (κ1) is 22.2. The van der Waals surface area contributed by atoms with Crippen LogP contribution in [0.15, 0.2) is 53.1 Å². The van der Waals surface area contributed by atoms with Crippen LogP contribution in [0.4, 0.5) is 10.5 Å². The minimum atomic E-state index is -0.752. The van der Waals surface area contributed by atoms with E-state index < -0.39 is 17.5 Å². The van der Waals surface area contributed by atoms with Gasteiger partial charge in [-0.3, -0.25) is 10.1 Å². The molecule has 1 aromatic heterocycles. The summed E-state index contributed by atoms with van der Waals surface area (Å²) in [6.45, 7) is 3.68. The summed E-state index contributed by atoms with van der Waals surface area (Å²) < 4.78 is 10.9. The highest BCUT2D eigenvalue weighted by atomic mass is 16.6. The number of nitrogens with one attached hydrogen (secondary N) is 1. The predicted octanol–water partition coefficient (Wildman–Crippen LogP) is 6.17. The van der Waals surface area contributed by atoms with Crippen molar-refractivity contribution in [3.05, 3.63) is 59.9 Å². The number of aromatic nitrogens is 1. The highest BCUT2D eigenvalue weighted by molar-refractivity contribution is 5.91. The Morgan fingerprint density at radius 3 is 2.18 bits per heavy atom. The molecular formula is C27H28N2O5. The molecule has 1 amide bonds. The fourth-order valence-electron chi connectivity index (χ4n) is 4.58. The first-order chi connectivity index (χ1) is 16.4. The molecule has 2 N–H and O–H groups in total. The van der Waals surface area contributed by atoms with E-state index in [1.807, 2.05) is 55.5 Å². The highest BCUT2D eigenvalue weighted by Crippen LogP contribution is 2.48. The number of aryl methyl sites for hydroxylation is 1. The maximum atomic E-state index is 12.4. The normalized spacial score (nSPS) is 17.5. The molecule has 2 saturated carbocycles. The maximum Gasteiger partial charge on any atom is 0.412 e. The third kappa shape index (κ3) is 4.06. The van der Waals surface area contributed by atoms with Gasteiger partial charge < -0.3 is 14.4 Å². The van der Waals surface area contributed by atoms with E-state index in [9.17, 15) is 14.7 Å². The molecule has 0 saturated heterocycles. The Hall–Kier alpha value is -3.61. The van der Waals surface area contributed by atoms with Gasteiger partial charge in [0.05, 0.1) is 5.41 Å². The Balaban J connectivity index is 1.30. The van der Waals surface area contributed by atoms with Crippen molar-refractivity contribution in [1.29, 1.82) is 0 Å². The minimum Gasteiger partial charge on any atom is -0.481 e. The van der Waals surface area contributed by atoms with Crippen LogP contribution in [0.25, 0.3) is 22.4 Å². The van der Waals surface area contributed by atoms with Crippen LogP contribution in [0.2, 0.25) is 0 Å². The van der Waals surface area contributed by atoms with Crippen molar-refractivity contribution in [2.75, 3.05) is 5.32 Å². The molecule has 2 aliphatic carbocycles. The van der Waals surface area contributed by atoms with Gasteiger partial charge in [-0.25, -0.2) is 4.79 Å². The molecule has 0 aliphatic heterocycles. The van der Waals surface area contributed by atoms with Crippen molar-refractivity contribution in [2.24, 2.45) is 5.92 Å². The van der Waals surface area contributed by atoms with Crippen molar-refractivity contribution in [1.82, 2.24) is 5.16 Å². The number of ether oxygens (including phenoxy) is 1. The SMILES string of the molecule is Cc1onc(-c2ccc(-c3ccc(C4(C(=O)O)CC4)cc3)cc2)c1NC(=O)OC(C)C1CCC1. The minimum absolute atomic E-state index is 0.117. The van der Waals surface area contributed by atoms with Gasteiger partial charge in [-0.1, -0.05) is 60.1 Å². The van der Waals surface area contributed by atoms with Crippen LogP contribution in [-0.4, -0.2) is 28.4 Å². The molecule has 0 bridgehead atoms. The molecule has 1 heterocycles. The van der Waals surface area contributed by atoms with Crippen LogP contribution in [-0.2, 0) is 14.9 Å². The molecule has 7 nitrogen and oxygen atoms in total. The van der Waals surface area contributed by atoms with Gasteiger partial charge in [-0.15, -0.1) is 0 Å². The number of carbonyl (C=O) groups excluding carboxylic acids is 1. The number of hydrogen-bond donors (Lipinski definition) is 2. The molecule has 2 aliphatic rings. The first-order valence-corrected chi connectivity index (χ1v) is 11.8. The Morgan fingerprint density at radius 2 is 1.65 bits per heavy atom. The van der Waals surface area contributed by atoms with Gasteiger partial charge in [0.25, 0.3) is 0 Å². The number of hydrogen-bond acceptors (Lipinski definition) is 5. The van der Waals surface area contributed by atoms with E-state index in [1.54, 1.807) is 6.92 Å². The van der Waals surface area contributed by atoms with E-state index >= 15 is 0 Å². The van der Waals surface area contributed by atoms with Crippen LogP contribution in [0.1, 0.15) is 50.4 Å². The lowest BCUT2D eigenvalue weighted by atomic mass is 9.82. The third-order valence-electron chi connectivity index (χ3n) is 7.28. The fraction of sp³-hybridized carbons (Fsp3) is 0.370. The molecule has 7 heteroatoms. The van der Waals surface area contributed by atoms with E-state index in [-0.39, 0.29) is 6.10 Å². The van der Waals surface area contributed by atoms with E-state index in [0.717, 1.165) is 35.1 Å². The van der Waals surface area contributed by atoms with E-state index in [2.05, 4.69) is 10.5 Å². The molecule has 1 unspecified atom stereocenters. The number of nitrogens with zero attached hydrogens (tertiary/aromatic N) is 1. The summed E-state index contributed by atoms with van der Waals surface area (Å²) in [5.41, 5.74) is 4.01. The summed E-state index contributed by atoms with van der Waals surface area (Å²) >= 11 is 0. The molecule has 1 atom stereocenters. The number of amides is 1. The average Bonchev–Trinajstić information content (AvgIpc) is 3.53. The van der Waals surface area contributed by atoms with Crippen LogP contribution in [0, 0.1) is 12.8 Å². The third-order valence-corrected chi connectivity index (χ3v) is 7.28. The molecule has 2 fully saturated rings. The second-order valence-electron chi connectivity index (χ2n) is 9.43. The number of benzene rings is 2.